The third-order valence-corrected chi connectivity index (χ3v) is 3.28. The van der Waals surface area contributed by atoms with Crippen LogP contribution in [0.5, 0.6) is 5.75 Å². The van der Waals surface area contributed by atoms with Gasteiger partial charge in [0, 0.05) is 0 Å². The van der Waals surface area contributed by atoms with Gasteiger partial charge in [0.2, 0.25) is 5.91 Å². The van der Waals surface area contributed by atoms with Gasteiger partial charge in [-0.15, -0.1) is 0 Å². The van der Waals surface area contributed by atoms with Crippen LogP contribution in [0.2, 0.25) is 0 Å². The number of carbonyl (C=O) groups is 1. The lowest BCUT2D eigenvalue weighted by atomic mass is 10.1. The quantitative estimate of drug-likeness (QED) is 0.645. The molecular formula is C12H13BrF3NO2. The lowest BCUT2D eigenvalue weighted by Gasteiger charge is -2.13. The van der Waals surface area contributed by atoms with Gasteiger partial charge in [0.25, 0.3) is 0 Å². The maximum absolute atomic E-state index is 12.4. The first-order valence-corrected chi connectivity index (χ1v) is 6.52. The Balaban J connectivity index is 2.84. The Morgan fingerprint density at radius 3 is 2.58 bits per heavy atom. The van der Waals surface area contributed by atoms with E-state index in [-0.39, 0.29) is 5.69 Å². The largest absolute Gasteiger partial charge is 0.506 e. The Bertz CT molecular complexity index is 463. The third kappa shape index (κ3) is 4.41. The highest BCUT2D eigenvalue weighted by Crippen LogP contribution is 2.34. The van der Waals surface area contributed by atoms with Crippen molar-refractivity contribution < 1.29 is 23.1 Å². The first-order valence-electron chi connectivity index (χ1n) is 5.60. The predicted molar refractivity (Wildman–Crippen MR) is 69.4 cm³/mol. The van der Waals surface area contributed by atoms with Crippen molar-refractivity contribution in [2.75, 3.05) is 5.32 Å². The summed E-state index contributed by atoms with van der Waals surface area (Å²) in [5.41, 5.74) is -1.01. The van der Waals surface area contributed by atoms with Crippen molar-refractivity contribution in [3.8, 4) is 5.75 Å². The Labute approximate surface area is 116 Å². The van der Waals surface area contributed by atoms with Gasteiger partial charge < -0.3 is 10.4 Å². The normalized spacial score (nSPS) is 13.1. The zero-order chi connectivity index (χ0) is 14.6. The van der Waals surface area contributed by atoms with Crippen LogP contribution in [0.25, 0.3) is 0 Å². The molecule has 0 aliphatic carbocycles. The van der Waals surface area contributed by atoms with Crippen LogP contribution in [0.3, 0.4) is 0 Å². The van der Waals surface area contributed by atoms with Crippen molar-refractivity contribution in [2.24, 2.45) is 0 Å². The van der Waals surface area contributed by atoms with Crippen LogP contribution in [-0.2, 0) is 11.0 Å². The molecule has 1 aromatic rings. The molecule has 0 radical (unpaired) electrons. The molecule has 1 rings (SSSR count). The maximum Gasteiger partial charge on any atom is 0.416 e. The average Bonchev–Trinajstić information content (AvgIpc) is 2.30. The zero-order valence-corrected chi connectivity index (χ0v) is 11.7. The van der Waals surface area contributed by atoms with Crippen LogP contribution < -0.4 is 5.32 Å². The summed E-state index contributed by atoms with van der Waals surface area (Å²) in [6, 6.07) is 2.42. The number of anilines is 1. The molecule has 3 nitrogen and oxygen atoms in total. The van der Waals surface area contributed by atoms with Gasteiger partial charge in [0.15, 0.2) is 0 Å². The number of rotatable bonds is 4. The van der Waals surface area contributed by atoms with Gasteiger partial charge in [-0.25, -0.2) is 0 Å². The molecule has 106 valence electrons. The van der Waals surface area contributed by atoms with Crippen LogP contribution in [0.1, 0.15) is 25.3 Å². The summed E-state index contributed by atoms with van der Waals surface area (Å²) in [6.45, 7) is 1.90. The van der Waals surface area contributed by atoms with Gasteiger partial charge in [-0.05, 0) is 24.6 Å². The van der Waals surface area contributed by atoms with Crippen LogP contribution in [0, 0.1) is 0 Å². The number of benzene rings is 1. The summed E-state index contributed by atoms with van der Waals surface area (Å²) in [5, 5.41) is 11.9. The van der Waals surface area contributed by atoms with Crippen LogP contribution >= 0.6 is 15.9 Å². The summed E-state index contributed by atoms with van der Waals surface area (Å²) < 4.78 is 37.2. The molecule has 0 spiro atoms. The number of carbonyl (C=O) groups excluding carboxylic acids is 1. The van der Waals surface area contributed by atoms with E-state index in [1.807, 2.05) is 6.92 Å². The average molecular weight is 340 g/mol. The second-order valence-corrected chi connectivity index (χ2v) is 5.08. The number of amides is 1. The minimum Gasteiger partial charge on any atom is -0.506 e. The minimum atomic E-state index is -4.53. The molecule has 1 amide bonds. The van der Waals surface area contributed by atoms with E-state index in [2.05, 4.69) is 21.2 Å². The van der Waals surface area contributed by atoms with Crippen molar-refractivity contribution >= 4 is 27.5 Å². The van der Waals surface area contributed by atoms with Crippen LogP contribution in [-0.4, -0.2) is 15.8 Å². The Hall–Kier alpha value is -1.24. The first-order chi connectivity index (χ1) is 8.75. The zero-order valence-electron chi connectivity index (χ0n) is 10.1. The number of phenols is 1. The summed E-state index contributed by atoms with van der Waals surface area (Å²) in [6.07, 6.45) is -3.16. The molecule has 1 aromatic carbocycles. The smallest absolute Gasteiger partial charge is 0.416 e. The Morgan fingerprint density at radius 2 is 2.11 bits per heavy atom. The highest BCUT2D eigenvalue weighted by Gasteiger charge is 2.31. The Kier molecular flexibility index (Phi) is 5.22. The fourth-order valence-electron chi connectivity index (χ4n) is 1.41. The van der Waals surface area contributed by atoms with E-state index in [0.29, 0.717) is 12.5 Å². The molecule has 0 aliphatic heterocycles. The van der Waals surface area contributed by atoms with Gasteiger partial charge >= 0.3 is 6.18 Å². The molecule has 1 atom stereocenters. The van der Waals surface area contributed by atoms with Gasteiger partial charge in [-0.1, -0.05) is 29.3 Å². The molecule has 2 N–H and O–H groups in total. The molecule has 19 heavy (non-hydrogen) atoms. The van der Waals surface area contributed by atoms with Gasteiger partial charge in [-0.3, -0.25) is 4.79 Å². The number of nitrogens with one attached hydrogen (secondary N) is 1. The number of alkyl halides is 4. The molecular weight excluding hydrogens is 327 g/mol. The van der Waals surface area contributed by atoms with Crippen LogP contribution in [0.4, 0.5) is 18.9 Å². The standard InChI is InChI=1S/C12H13BrF3NO2/c1-2-3-8(13)11(19)17-9-5-4-7(6-10(9)18)12(14,15)16/h4-6,8,18H,2-3H2,1H3,(H,17,19). The highest BCUT2D eigenvalue weighted by atomic mass is 79.9. The second kappa shape index (κ2) is 6.27. The number of hydrogen-bond donors (Lipinski definition) is 2. The molecule has 0 saturated heterocycles. The van der Waals surface area contributed by atoms with Crippen molar-refractivity contribution in [3.05, 3.63) is 23.8 Å². The Morgan fingerprint density at radius 1 is 1.47 bits per heavy atom. The molecule has 0 heterocycles. The van der Waals surface area contributed by atoms with Gasteiger partial charge in [0.1, 0.15) is 5.75 Å². The number of hydrogen-bond acceptors (Lipinski definition) is 2. The summed E-state index contributed by atoms with van der Waals surface area (Å²) in [5.74, 6) is -1.02. The monoisotopic (exact) mass is 339 g/mol. The molecule has 0 bridgehead atoms. The van der Waals surface area contributed by atoms with E-state index in [1.54, 1.807) is 0 Å². The number of phenolic OH excluding ortho intramolecular Hbond substituents is 1. The van der Waals surface area contributed by atoms with E-state index < -0.39 is 28.2 Å². The van der Waals surface area contributed by atoms with E-state index >= 15 is 0 Å². The van der Waals surface area contributed by atoms with Crippen molar-refractivity contribution in [2.45, 2.75) is 30.8 Å². The van der Waals surface area contributed by atoms with Crippen LogP contribution in [0.15, 0.2) is 18.2 Å². The second-order valence-electron chi connectivity index (χ2n) is 3.98. The maximum atomic E-state index is 12.4. The summed E-state index contributed by atoms with van der Waals surface area (Å²) in [7, 11) is 0. The molecule has 0 fully saturated rings. The molecule has 7 heteroatoms. The fourth-order valence-corrected chi connectivity index (χ4v) is 1.98. The third-order valence-electron chi connectivity index (χ3n) is 2.41. The summed E-state index contributed by atoms with van der Waals surface area (Å²) in [4.78, 5) is 11.2. The highest BCUT2D eigenvalue weighted by molar-refractivity contribution is 9.10. The predicted octanol–water partition coefficient (Wildman–Crippen LogP) is 3.91. The fraction of sp³-hybridized carbons (Fsp3) is 0.417. The van der Waals surface area contributed by atoms with Gasteiger partial charge in [-0.2, -0.15) is 13.2 Å². The summed E-state index contributed by atoms with van der Waals surface area (Å²) >= 11 is 3.16. The van der Waals surface area contributed by atoms with E-state index in [4.69, 9.17) is 0 Å². The van der Waals surface area contributed by atoms with Crippen molar-refractivity contribution in [3.63, 3.8) is 0 Å². The van der Waals surface area contributed by atoms with Crippen molar-refractivity contribution in [1.82, 2.24) is 0 Å². The number of aromatic hydroxyl groups is 1. The first kappa shape index (κ1) is 15.8. The van der Waals surface area contributed by atoms with E-state index in [0.717, 1.165) is 18.6 Å². The SMILES string of the molecule is CCCC(Br)C(=O)Nc1ccc(C(F)(F)F)cc1O. The molecule has 0 aliphatic rings. The van der Waals surface area contributed by atoms with Gasteiger partial charge in [0.05, 0.1) is 16.1 Å². The lowest BCUT2D eigenvalue weighted by Crippen LogP contribution is -2.22. The minimum absolute atomic E-state index is 0.0430. The van der Waals surface area contributed by atoms with E-state index in [1.165, 1.54) is 0 Å². The van der Waals surface area contributed by atoms with E-state index in [9.17, 15) is 23.1 Å². The molecule has 0 aromatic heterocycles. The van der Waals surface area contributed by atoms with Crippen molar-refractivity contribution in [1.29, 1.82) is 0 Å². The molecule has 1 unspecified atom stereocenters. The molecule has 0 saturated carbocycles. The lowest BCUT2D eigenvalue weighted by molar-refractivity contribution is -0.137. The number of halogens is 4. The topological polar surface area (TPSA) is 49.3 Å².